The van der Waals surface area contributed by atoms with E-state index in [1.807, 2.05) is 75.4 Å². The smallest absolute Gasteiger partial charge is 0.244 e. The van der Waals surface area contributed by atoms with Crippen molar-refractivity contribution in [2.45, 2.75) is 45.3 Å². The molecule has 0 saturated heterocycles. The number of nitrogens with one attached hydrogen (secondary N) is 1. The first-order valence-corrected chi connectivity index (χ1v) is 16.0. The van der Waals surface area contributed by atoms with Crippen LogP contribution in [0.4, 0.5) is 5.69 Å². The lowest BCUT2D eigenvalue weighted by Crippen LogP contribution is -2.56. The van der Waals surface area contributed by atoms with E-state index in [9.17, 15) is 18.0 Å². The number of anilines is 1. The second kappa shape index (κ2) is 14.1. The van der Waals surface area contributed by atoms with Crippen LogP contribution in [-0.4, -0.2) is 63.7 Å². The molecule has 3 rings (SSSR count). The SMILES string of the molecule is COc1ccc(OC)c(N(CC(=O)N(Cc2cccc(Br)c2)C(Cc2ccccc2)C(=O)NC(C)(C)C)S(C)(=O)=O)c1. The van der Waals surface area contributed by atoms with Gasteiger partial charge in [0.25, 0.3) is 0 Å². The quantitative estimate of drug-likeness (QED) is 0.300. The Morgan fingerprint density at radius 2 is 1.60 bits per heavy atom. The van der Waals surface area contributed by atoms with Crippen molar-refractivity contribution in [1.82, 2.24) is 10.2 Å². The fourth-order valence-electron chi connectivity index (χ4n) is 4.43. The molecule has 0 aliphatic heterocycles. The van der Waals surface area contributed by atoms with E-state index < -0.39 is 34.1 Å². The molecule has 0 bridgehead atoms. The maximum atomic E-state index is 14.3. The van der Waals surface area contributed by atoms with Crippen LogP contribution in [0, 0.1) is 0 Å². The molecule has 0 spiro atoms. The number of carbonyl (C=O) groups is 2. The van der Waals surface area contributed by atoms with Gasteiger partial charge in [0.05, 0.1) is 26.2 Å². The minimum Gasteiger partial charge on any atom is -0.497 e. The molecule has 0 heterocycles. The molecule has 2 amide bonds. The molecule has 0 saturated carbocycles. The van der Waals surface area contributed by atoms with Crippen molar-refractivity contribution < 1.29 is 27.5 Å². The summed E-state index contributed by atoms with van der Waals surface area (Å²) in [5.41, 5.74) is 1.20. The third-order valence-electron chi connectivity index (χ3n) is 6.35. The van der Waals surface area contributed by atoms with Crippen LogP contribution in [0.2, 0.25) is 0 Å². The molecule has 0 fully saturated rings. The minimum absolute atomic E-state index is 0.0696. The average Bonchev–Trinajstić information content (AvgIpc) is 2.92. The van der Waals surface area contributed by atoms with Crippen LogP contribution in [0.3, 0.4) is 0 Å². The van der Waals surface area contributed by atoms with Crippen LogP contribution in [0.5, 0.6) is 11.5 Å². The Labute approximate surface area is 257 Å². The molecule has 1 unspecified atom stereocenters. The predicted octanol–water partition coefficient (Wildman–Crippen LogP) is 4.79. The van der Waals surface area contributed by atoms with E-state index in [-0.39, 0.29) is 30.3 Å². The Morgan fingerprint density at radius 3 is 2.17 bits per heavy atom. The highest BCUT2D eigenvalue weighted by Crippen LogP contribution is 2.34. The van der Waals surface area contributed by atoms with Crippen LogP contribution in [0.25, 0.3) is 0 Å². The van der Waals surface area contributed by atoms with Crippen LogP contribution < -0.4 is 19.1 Å². The Hall–Kier alpha value is -3.57. The van der Waals surface area contributed by atoms with Crippen LogP contribution in [0.1, 0.15) is 31.9 Å². The standard InChI is InChI=1S/C31H38BrN3O6S/c1-31(2,3)33-30(37)27(18-22-11-8-7-9-12-22)34(20-23-13-10-14-24(32)17-23)29(36)21-35(42(6,38)39)26-19-25(40-4)15-16-28(26)41-5/h7-17,19,27H,18,20-21H2,1-6H3,(H,33,37). The number of hydrogen-bond donors (Lipinski definition) is 1. The van der Waals surface area contributed by atoms with Crippen molar-refractivity contribution in [3.8, 4) is 11.5 Å². The van der Waals surface area contributed by atoms with Crippen LogP contribution >= 0.6 is 15.9 Å². The summed E-state index contributed by atoms with van der Waals surface area (Å²) in [4.78, 5) is 29.5. The van der Waals surface area contributed by atoms with E-state index in [1.54, 1.807) is 12.1 Å². The first-order chi connectivity index (χ1) is 19.7. The molecular weight excluding hydrogens is 622 g/mol. The van der Waals surface area contributed by atoms with Gasteiger partial charge in [-0.05, 0) is 56.2 Å². The third kappa shape index (κ3) is 9.22. The fourth-order valence-corrected chi connectivity index (χ4v) is 5.72. The zero-order valence-electron chi connectivity index (χ0n) is 24.8. The topological polar surface area (TPSA) is 105 Å². The van der Waals surface area contributed by atoms with Crippen LogP contribution in [-0.2, 0) is 32.6 Å². The molecule has 1 N–H and O–H groups in total. The Bertz CT molecular complexity index is 1490. The number of halogens is 1. The minimum atomic E-state index is -3.98. The summed E-state index contributed by atoms with van der Waals surface area (Å²) in [7, 11) is -1.10. The summed E-state index contributed by atoms with van der Waals surface area (Å²) in [6.07, 6.45) is 1.25. The number of sulfonamides is 1. The highest BCUT2D eigenvalue weighted by molar-refractivity contribution is 9.10. The Morgan fingerprint density at radius 1 is 0.929 bits per heavy atom. The van der Waals surface area contributed by atoms with Gasteiger partial charge in [0.1, 0.15) is 24.1 Å². The van der Waals surface area contributed by atoms with Gasteiger partial charge < -0.3 is 19.7 Å². The molecule has 0 aliphatic rings. The molecule has 3 aromatic carbocycles. The summed E-state index contributed by atoms with van der Waals surface area (Å²) in [6, 6.07) is 20.6. The fraction of sp³-hybridized carbons (Fsp3) is 0.355. The van der Waals surface area contributed by atoms with Crippen molar-refractivity contribution in [3.63, 3.8) is 0 Å². The van der Waals surface area contributed by atoms with Gasteiger partial charge in [-0.2, -0.15) is 0 Å². The van der Waals surface area contributed by atoms with Crippen molar-refractivity contribution in [2.24, 2.45) is 0 Å². The van der Waals surface area contributed by atoms with Gasteiger partial charge in [-0.1, -0.05) is 58.4 Å². The van der Waals surface area contributed by atoms with E-state index in [4.69, 9.17) is 9.47 Å². The summed E-state index contributed by atoms with van der Waals surface area (Å²) in [6.45, 7) is 5.10. The highest BCUT2D eigenvalue weighted by Gasteiger charge is 2.35. The van der Waals surface area contributed by atoms with Crippen molar-refractivity contribution in [2.75, 3.05) is 31.3 Å². The molecular formula is C31H38BrN3O6S. The van der Waals surface area contributed by atoms with Gasteiger partial charge in [-0.15, -0.1) is 0 Å². The average molecular weight is 661 g/mol. The number of carbonyl (C=O) groups excluding carboxylic acids is 2. The number of benzene rings is 3. The van der Waals surface area contributed by atoms with Gasteiger partial charge in [-0.3, -0.25) is 13.9 Å². The van der Waals surface area contributed by atoms with Gasteiger partial charge in [0, 0.05) is 29.0 Å². The van der Waals surface area contributed by atoms with E-state index in [0.717, 1.165) is 26.2 Å². The third-order valence-corrected chi connectivity index (χ3v) is 7.96. The summed E-state index contributed by atoms with van der Waals surface area (Å²) in [5.74, 6) is -0.266. The second-order valence-electron chi connectivity index (χ2n) is 10.9. The summed E-state index contributed by atoms with van der Waals surface area (Å²) >= 11 is 3.48. The summed E-state index contributed by atoms with van der Waals surface area (Å²) < 4.78 is 38.8. The first-order valence-electron chi connectivity index (χ1n) is 13.3. The number of amides is 2. The molecule has 11 heteroatoms. The maximum absolute atomic E-state index is 14.3. The van der Waals surface area contributed by atoms with Gasteiger partial charge in [0.15, 0.2) is 0 Å². The van der Waals surface area contributed by atoms with Gasteiger partial charge >= 0.3 is 0 Å². The van der Waals surface area contributed by atoms with Crippen molar-refractivity contribution >= 4 is 43.5 Å². The predicted molar refractivity (Wildman–Crippen MR) is 168 cm³/mol. The number of methoxy groups -OCH3 is 2. The van der Waals surface area contributed by atoms with E-state index >= 15 is 0 Å². The molecule has 1 atom stereocenters. The Balaban J connectivity index is 2.13. The molecule has 0 radical (unpaired) electrons. The van der Waals surface area contributed by atoms with E-state index in [2.05, 4.69) is 21.2 Å². The number of ether oxygens (including phenoxy) is 2. The molecule has 9 nitrogen and oxygen atoms in total. The molecule has 42 heavy (non-hydrogen) atoms. The molecule has 3 aromatic rings. The first kappa shape index (κ1) is 32.9. The second-order valence-corrected chi connectivity index (χ2v) is 13.7. The normalized spacial score (nSPS) is 12.3. The van der Waals surface area contributed by atoms with E-state index in [0.29, 0.717) is 5.75 Å². The number of nitrogens with zero attached hydrogens (tertiary/aromatic N) is 2. The maximum Gasteiger partial charge on any atom is 0.244 e. The molecule has 0 aromatic heterocycles. The molecule has 0 aliphatic carbocycles. The Kier molecular flexibility index (Phi) is 11.0. The lowest BCUT2D eigenvalue weighted by Gasteiger charge is -2.35. The largest absolute Gasteiger partial charge is 0.497 e. The summed E-state index contributed by atoms with van der Waals surface area (Å²) in [5, 5.41) is 3.01. The monoisotopic (exact) mass is 659 g/mol. The molecule has 226 valence electrons. The van der Waals surface area contributed by atoms with Crippen molar-refractivity contribution in [1.29, 1.82) is 0 Å². The van der Waals surface area contributed by atoms with Crippen molar-refractivity contribution in [3.05, 3.63) is 88.4 Å². The zero-order valence-corrected chi connectivity index (χ0v) is 27.2. The van der Waals surface area contributed by atoms with E-state index in [1.165, 1.54) is 25.2 Å². The van der Waals surface area contributed by atoms with Crippen LogP contribution in [0.15, 0.2) is 77.3 Å². The lowest BCUT2D eigenvalue weighted by molar-refractivity contribution is -0.140. The van der Waals surface area contributed by atoms with Gasteiger partial charge in [-0.25, -0.2) is 8.42 Å². The zero-order chi connectivity index (χ0) is 31.1. The number of rotatable bonds is 12. The number of hydrogen-bond acceptors (Lipinski definition) is 6. The van der Waals surface area contributed by atoms with Gasteiger partial charge in [0.2, 0.25) is 21.8 Å². The lowest BCUT2D eigenvalue weighted by atomic mass is 10.0. The highest BCUT2D eigenvalue weighted by atomic mass is 79.9.